The van der Waals surface area contributed by atoms with Crippen molar-refractivity contribution in [3.05, 3.63) is 40.4 Å². The molecule has 2 aromatic rings. The van der Waals surface area contributed by atoms with E-state index in [-0.39, 0.29) is 30.3 Å². The Hall–Kier alpha value is -3.00. The van der Waals surface area contributed by atoms with Crippen LogP contribution in [0.25, 0.3) is 0 Å². The van der Waals surface area contributed by atoms with E-state index in [1.807, 2.05) is 19.9 Å². The first-order valence-electron chi connectivity index (χ1n) is 11.5. The second kappa shape index (κ2) is 11.2. The predicted molar refractivity (Wildman–Crippen MR) is 125 cm³/mol. The third-order valence-electron chi connectivity index (χ3n) is 6.15. The first kappa shape index (κ1) is 26.6. The molecule has 0 saturated heterocycles. The summed E-state index contributed by atoms with van der Waals surface area (Å²) in [4.78, 5) is 25.9. The maximum absolute atomic E-state index is 13.9. The molecule has 0 spiro atoms. The Bertz CT molecular complexity index is 1070. The quantitative estimate of drug-likeness (QED) is 0.524. The molecule has 2 amide bonds. The highest BCUT2D eigenvalue weighted by molar-refractivity contribution is 7.15. The molecule has 1 aliphatic carbocycles. The van der Waals surface area contributed by atoms with Crippen LogP contribution >= 0.6 is 11.3 Å². The molecule has 0 radical (unpaired) electrons. The Morgan fingerprint density at radius 1 is 1.14 bits per heavy atom. The Labute approximate surface area is 206 Å². The number of halogens is 3. The largest absolute Gasteiger partial charge is 0.403 e. The molecule has 188 valence electrons. The Balaban J connectivity index is 1.70. The van der Waals surface area contributed by atoms with Crippen molar-refractivity contribution in [2.75, 3.05) is 5.32 Å². The summed E-state index contributed by atoms with van der Waals surface area (Å²) in [5.41, 5.74) is -1.01. The van der Waals surface area contributed by atoms with Gasteiger partial charge in [-0.05, 0) is 42.9 Å². The van der Waals surface area contributed by atoms with Gasteiger partial charge in [-0.25, -0.2) is 0 Å². The van der Waals surface area contributed by atoms with Crippen molar-refractivity contribution in [1.82, 2.24) is 15.5 Å². The molecule has 1 aliphatic rings. The van der Waals surface area contributed by atoms with Crippen LogP contribution < -0.4 is 10.6 Å². The number of hydrogen-bond donors (Lipinski definition) is 2. The maximum Gasteiger partial charge on any atom is 0.403 e. The van der Waals surface area contributed by atoms with Gasteiger partial charge in [-0.3, -0.25) is 14.9 Å². The van der Waals surface area contributed by atoms with E-state index in [4.69, 9.17) is 5.26 Å². The number of anilines is 1. The second-order valence-electron chi connectivity index (χ2n) is 9.27. The van der Waals surface area contributed by atoms with Gasteiger partial charge in [-0.1, -0.05) is 56.6 Å². The van der Waals surface area contributed by atoms with Crippen molar-refractivity contribution in [3.63, 3.8) is 0 Å². The van der Waals surface area contributed by atoms with Gasteiger partial charge < -0.3 is 5.32 Å². The summed E-state index contributed by atoms with van der Waals surface area (Å²) in [6, 6.07) is 7.90. The molecule has 1 aromatic heterocycles. The van der Waals surface area contributed by atoms with Gasteiger partial charge in [0, 0.05) is 6.42 Å². The number of aromatic nitrogens is 2. The molecular weight excluding hydrogens is 479 g/mol. The van der Waals surface area contributed by atoms with Crippen molar-refractivity contribution in [1.29, 1.82) is 5.26 Å². The highest BCUT2D eigenvalue weighted by Crippen LogP contribution is 2.49. The average Bonchev–Trinajstić information content (AvgIpc) is 3.25. The van der Waals surface area contributed by atoms with Gasteiger partial charge in [0.25, 0.3) is 0 Å². The normalized spacial score (nSPS) is 16.4. The van der Waals surface area contributed by atoms with Crippen LogP contribution in [0.2, 0.25) is 0 Å². The van der Waals surface area contributed by atoms with Gasteiger partial charge in [0.05, 0.1) is 11.6 Å². The lowest BCUT2D eigenvalue weighted by Crippen LogP contribution is -2.56. The molecular formula is C24H28F3N5O2S. The fraction of sp³-hybridized carbons (Fsp3) is 0.542. The first-order valence-corrected chi connectivity index (χ1v) is 12.4. The number of nitriles is 1. The number of benzene rings is 1. The molecule has 2 N–H and O–H groups in total. The molecule has 11 heteroatoms. The van der Waals surface area contributed by atoms with Crippen molar-refractivity contribution in [2.24, 2.45) is 11.3 Å². The summed E-state index contributed by atoms with van der Waals surface area (Å²) in [5, 5.41) is 22.7. The highest BCUT2D eigenvalue weighted by atomic mass is 32.1. The summed E-state index contributed by atoms with van der Waals surface area (Å²) in [6.07, 6.45) is -3.30. The van der Waals surface area contributed by atoms with Crippen LogP contribution in [0.3, 0.4) is 0 Å². The van der Waals surface area contributed by atoms with Gasteiger partial charge in [-0.15, -0.1) is 10.2 Å². The predicted octanol–water partition coefficient (Wildman–Crippen LogP) is 4.98. The number of rotatable bonds is 8. The summed E-state index contributed by atoms with van der Waals surface area (Å²) in [7, 11) is 0. The van der Waals surface area contributed by atoms with Crippen LogP contribution in [0, 0.1) is 22.7 Å². The van der Waals surface area contributed by atoms with Crippen molar-refractivity contribution in [2.45, 2.75) is 71.0 Å². The monoisotopic (exact) mass is 507 g/mol. The number of carbonyl (C=O) groups is 2. The summed E-state index contributed by atoms with van der Waals surface area (Å²) >= 11 is 1.14. The topological polar surface area (TPSA) is 108 Å². The number of alkyl halides is 3. The Morgan fingerprint density at radius 3 is 2.37 bits per heavy atom. The molecule has 1 aromatic carbocycles. The molecule has 0 bridgehead atoms. The van der Waals surface area contributed by atoms with Crippen LogP contribution in [0.1, 0.15) is 68.5 Å². The van der Waals surface area contributed by atoms with Crippen molar-refractivity contribution >= 4 is 28.3 Å². The number of amides is 2. The molecule has 3 rings (SSSR count). The van der Waals surface area contributed by atoms with E-state index >= 15 is 0 Å². The van der Waals surface area contributed by atoms with Crippen LogP contribution in [0.5, 0.6) is 0 Å². The van der Waals surface area contributed by atoms with Crippen LogP contribution in [0.4, 0.5) is 18.3 Å². The summed E-state index contributed by atoms with van der Waals surface area (Å²) in [6.45, 7) is 3.65. The zero-order valence-corrected chi connectivity index (χ0v) is 20.4. The van der Waals surface area contributed by atoms with E-state index in [2.05, 4.69) is 20.8 Å². The van der Waals surface area contributed by atoms with E-state index in [9.17, 15) is 22.8 Å². The van der Waals surface area contributed by atoms with Crippen LogP contribution in [-0.4, -0.2) is 34.2 Å². The van der Waals surface area contributed by atoms with E-state index in [1.165, 1.54) is 0 Å². The van der Waals surface area contributed by atoms with E-state index in [1.54, 1.807) is 24.3 Å². The number of carbonyl (C=O) groups excluding carboxylic acids is 2. The van der Waals surface area contributed by atoms with Gasteiger partial charge in [0.1, 0.15) is 16.5 Å². The first-order chi connectivity index (χ1) is 16.5. The minimum absolute atomic E-state index is 0.0411. The zero-order chi connectivity index (χ0) is 25.6. The second-order valence-corrected chi connectivity index (χ2v) is 10.3. The van der Waals surface area contributed by atoms with E-state index in [0.717, 1.165) is 16.9 Å². The molecule has 0 unspecified atom stereocenters. The van der Waals surface area contributed by atoms with Gasteiger partial charge in [0.15, 0.2) is 0 Å². The van der Waals surface area contributed by atoms with Gasteiger partial charge in [0.2, 0.25) is 16.9 Å². The molecule has 0 aliphatic heterocycles. The van der Waals surface area contributed by atoms with Crippen molar-refractivity contribution < 1.29 is 22.8 Å². The molecule has 35 heavy (non-hydrogen) atoms. The number of nitrogens with one attached hydrogen (secondary N) is 2. The van der Waals surface area contributed by atoms with Crippen LogP contribution in [0.15, 0.2) is 24.3 Å². The highest BCUT2D eigenvalue weighted by Gasteiger charge is 2.60. The molecule has 1 fully saturated rings. The minimum atomic E-state index is -4.68. The minimum Gasteiger partial charge on any atom is -0.344 e. The molecule has 7 nitrogen and oxygen atoms in total. The third-order valence-corrected chi connectivity index (χ3v) is 6.99. The van der Waals surface area contributed by atoms with Gasteiger partial charge >= 0.3 is 6.18 Å². The Kier molecular flexibility index (Phi) is 8.48. The molecule has 1 atom stereocenters. The van der Waals surface area contributed by atoms with E-state index in [0.29, 0.717) is 36.3 Å². The summed E-state index contributed by atoms with van der Waals surface area (Å²) in [5.74, 6) is -1.80. The smallest absolute Gasteiger partial charge is 0.344 e. The van der Waals surface area contributed by atoms with E-state index < -0.39 is 29.4 Å². The zero-order valence-electron chi connectivity index (χ0n) is 19.6. The standard InChI is InChI=1S/C24H28F3N5O2S/c1-15(2)12-18(29-21(34)23(24(25,26)27)10-4-3-5-11-23)20(33)30-22-32-31-19(35-22)13-16-6-8-17(14-28)9-7-16/h6-9,15,18H,3-5,10-13H2,1-2H3,(H,29,34)(H,30,32,33)/t18-/m1/s1. The lowest BCUT2D eigenvalue weighted by atomic mass is 9.72. The number of nitrogens with zero attached hydrogens (tertiary/aromatic N) is 3. The lowest BCUT2D eigenvalue weighted by molar-refractivity contribution is -0.230. The fourth-order valence-corrected chi connectivity index (χ4v) is 5.01. The SMILES string of the molecule is CC(C)C[C@@H](NC(=O)C1(C(F)(F)F)CCCCC1)C(=O)Nc1nnc(Cc2ccc(C#N)cc2)s1. The molecule has 1 heterocycles. The van der Waals surface area contributed by atoms with Crippen molar-refractivity contribution in [3.8, 4) is 6.07 Å². The van der Waals surface area contributed by atoms with Gasteiger partial charge in [-0.2, -0.15) is 18.4 Å². The average molecular weight is 508 g/mol. The fourth-order valence-electron chi connectivity index (χ4n) is 4.23. The number of hydrogen-bond acceptors (Lipinski definition) is 6. The third kappa shape index (κ3) is 6.57. The van der Waals surface area contributed by atoms with Crippen LogP contribution in [-0.2, 0) is 16.0 Å². The summed E-state index contributed by atoms with van der Waals surface area (Å²) < 4.78 is 41.8. The Morgan fingerprint density at radius 2 is 1.80 bits per heavy atom. The maximum atomic E-state index is 13.9. The molecule has 1 saturated carbocycles. The lowest BCUT2D eigenvalue weighted by Gasteiger charge is -2.38.